The van der Waals surface area contributed by atoms with E-state index in [0.29, 0.717) is 17.4 Å². The van der Waals surface area contributed by atoms with Crippen LogP contribution >= 0.6 is 11.6 Å². The maximum atomic E-state index is 12.4. The summed E-state index contributed by atoms with van der Waals surface area (Å²) in [5.41, 5.74) is 1.64. The minimum absolute atomic E-state index is 0.0646. The molecule has 3 rings (SSSR count). The largest absolute Gasteiger partial charge is 0.312 e. The molecule has 1 aromatic heterocycles. The molecule has 5 nitrogen and oxygen atoms in total. The fourth-order valence-electron chi connectivity index (χ4n) is 2.59. The van der Waals surface area contributed by atoms with Crippen LogP contribution in [0, 0.1) is 12.8 Å². The highest BCUT2D eigenvalue weighted by atomic mass is 35.5. The molecule has 0 spiro atoms. The summed E-state index contributed by atoms with van der Waals surface area (Å²) in [6.45, 7) is 2.24. The Balaban J connectivity index is 1.71. The van der Waals surface area contributed by atoms with Crippen LogP contribution in [0.25, 0.3) is 0 Å². The molecular formula is C17H16ClN3O2. The normalized spacial score (nSPS) is 17.4. The molecule has 2 amide bonds. The highest BCUT2D eigenvalue weighted by Crippen LogP contribution is 2.27. The molecule has 0 saturated carbocycles. The molecule has 1 saturated heterocycles. The van der Waals surface area contributed by atoms with Gasteiger partial charge in [0.15, 0.2) is 0 Å². The zero-order valence-corrected chi connectivity index (χ0v) is 13.4. The Hall–Kier alpha value is -2.40. The standard InChI is InChI=1S/C17H16ClN3O2/c1-11-3-2-8-19-16(11)20-17(23)12-9-15(22)21(10-12)14-6-4-13(18)5-7-14/h2-8,12H,9-10H2,1H3,(H,19,20,23)/t12-/m1/s1. The summed E-state index contributed by atoms with van der Waals surface area (Å²) in [5.74, 6) is -0.101. The molecule has 2 heterocycles. The molecule has 1 aliphatic heterocycles. The number of amides is 2. The van der Waals surface area contributed by atoms with E-state index in [1.165, 1.54) is 0 Å². The van der Waals surface area contributed by atoms with Crippen LogP contribution in [-0.4, -0.2) is 23.3 Å². The number of pyridine rings is 1. The van der Waals surface area contributed by atoms with Crippen LogP contribution in [0.4, 0.5) is 11.5 Å². The van der Waals surface area contributed by atoms with Gasteiger partial charge in [-0.1, -0.05) is 17.7 Å². The lowest BCUT2D eigenvalue weighted by atomic mass is 10.1. The van der Waals surface area contributed by atoms with E-state index >= 15 is 0 Å². The van der Waals surface area contributed by atoms with Crippen molar-refractivity contribution in [2.24, 2.45) is 5.92 Å². The van der Waals surface area contributed by atoms with Crippen molar-refractivity contribution in [2.45, 2.75) is 13.3 Å². The maximum Gasteiger partial charge on any atom is 0.230 e. The Labute approximate surface area is 139 Å². The number of nitrogens with zero attached hydrogens (tertiary/aromatic N) is 2. The van der Waals surface area contributed by atoms with Crippen molar-refractivity contribution in [2.75, 3.05) is 16.8 Å². The van der Waals surface area contributed by atoms with E-state index in [4.69, 9.17) is 11.6 Å². The average Bonchev–Trinajstić information content (AvgIpc) is 2.92. The average molecular weight is 330 g/mol. The molecule has 2 aromatic rings. The van der Waals surface area contributed by atoms with Crippen LogP contribution in [0.15, 0.2) is 42.6 Å². The fraction of sp³-hybridized carbons (Fsp3) is 0.235. The van der Waals surface area contributed by atoms with Crippen LogP contribution in [0.3, 0.4) is 0 Å². The zero-order chi connectivity index (χ0) is 16.4. The van der Waals surface area contributed by atoms with Crippen LogP contribution in [0.1, 0.15) is 12.0 Å². The lowest BCUT2D eigenvalue weighted by Crippen LogP contribution is -2.28. The molecule has 1 aromatic carbocycles. The number of carbonyl (C=O) groups excluding carboxylic acids is 2. The first-order valence-corrected chi connectivity index (χ1v) is 7.71. The van der Waals surface area contributed by atoms with Gasteiger partial charge in [0, 0.05) is 29.9 Å². The van der Waals surface area contributed by atoms with Gasteiger partial charge in [-0.15, -0.1) is 0 Å². The second kappa shape index (κ2) is 6.38. The molecule has 1 N–H and O–H groups in total. The Morgan fingerprint density at radius 2 is 2.04 bits per heavy atom. The number of aryl methyl sites for hydroxylation is 1. The summed E-state index contributed by atoms with van der Waals surface area (Å²) in [6, 6.07) is 10.7. The zero-order valence-electron chi connectivity index (χ0n) is 12.6. The fourth-order valence-corrected chi connectivity index (χ4v) is 2.72. The third kappa shape index (κ3) is 3.35. The molecule has 0 bridgehead atoms. The first-order chi connectivity index (χ1) is 11.0. The lowest BCUT2D eigenvalue weighted by Gasteiger charge is -2.16. The number of carbonyl (C=O) groups is 2. The number of anilines is 2. The lowest BCUT2D eigenvalue weighted by molar-refractivity contribution is -0.122. The summed E-state index contributed by atoms with van der Waals surface area (Å²) < 4.78 is 0. The summed E-state index contributed by atoms with van der Waals surface area (Å²) in [7, 11) is 0. The van der Waals surface area contributed by atoms with Crippen molar-refractivity contribution in [3.63, 3.8) is 0 Å². The first-order valence-electron chi connectivity index (χ1n) is 7.33. The summed E-state index contributed by atoms with van der Waals surface area (Å²) >= 11 is 5.86. The maximum absolute atomic E-state index is 12.4. The van der Waals surface area contributed by atoms with Crippen molar-refractivity contribution < 1.29 is 9.59 Å². The van der Waals surface area contributed by atoms with Gasteiger partial charge < -0.3 is 10.2 Å². The van der Waals surface area contributed by atoms with Crippen LogP contribution in [-0.2, 0) is 9.59 Å². The summed E-state index contributed by atoms with van der Waals surface area (Å²) in [6.07, 6.45) is 1.82. The number of nitrogens with one attached hydrogen (secondary N) is 1. The van der Waals surface area contributed by atoms with Crippen molar-refractivity contribution in [1.29, 1.82) is 0 Å². The minimum Gasteiger partial charge on any atom is -0.312 e. The van der Waals surface area contributed by atoms with Gasteiger partial charge in [0.2, 0.25) is 11.8 Å². The SMILES string of the molecule is Cc1cccnc1NC(=O)[C@@H]1CC(=O)N(c2ccc(Cl)cc2)C1. The van der Waals surface area contributed by atoms with E-state index in [9.17, 15) is 9.59 Å². The third-order valence-corrected chi connectivity index (χ3v) is 4.14. The van der Waals surface area contributed by atoms with Crippen molar-refractivity contribution >= 4 is 34.9 Å². The molecule has 6 heteroatoms. The van der Waals surface area contributed by atoms with Gasteiger partial charge in [-0.3, -0.25) is 9.59 Å². The molecular weight excluding hydrogens is 314 g/mol. The monoisotopic (exact) mass is 329 g/mol. The molecule has 0 unspecified atom stereocenters. The van der Waals surface area contributed by atoms with Crippen LogP contribution < -0.4 is 10.2 Å². The molecule has 23 heavy (non-hydrogen) atoms. The molecule has 1 atom stereocenters. The van der Waals surface area contributed by atoms with Gasteiger partial charge in [0.25, 0.3) is 0 Å². The number of halogens is 1. The van der Waals surface area contributed by atoms with Crippen LogP contribution in [0.2, 0.25) is 5.02 Å². The number of rotatable bonds is 3. The molecule has 1 fully saturated rings. The van der Waals surface area contributed by atoms with E-state index in [1.54, 1.807) is 35.4 Å². The van der Waals surface area contributed by atoms with Crippen molar-refractivity contribution in [1.82, 2.24) is 4.98 Å². The second-order valence-electron chi connectivity index (χ2n) is 5.54. The van der Waals surface area contributed by atoms with Gasteiger partial charge in [0.1, 0.15) is 5.82 Å². The van der Waals surface area contributed by atoms with Gasteiger partial charge >= 0.3 is 0 Å². The van der Waals surface area contributed by atoms with E-state index < -0.39 is 0 Å². The van der Waals surface area contributed by atoms with E-state index in [-0.39, 0.29) is 24.2 Å². The molecule has 0 aliphatic carbocycles. The number of hydrogen-bond acceptors (Lipinski definition) is 3. The van der Waals surface area contributed by atoms with Gasteiger partial charge in [-0.05, 0) is 42.8 Å². The Morgan fingerprint density at radius 1 is 1.30 bits per heavy atom. The molecule has 0 radical (unpaired) electrons. The predicted molar refractivity (Wildman–Crippen MR) is 89.5 cm³/mol. The first kappa shape index (κ1) is 15.5. The number of benzene rings is 1. The Morgan fingerprint density at radius 3 is 2.74 bits per heavy atom. The van der Waals surface area contributed by atoms with Crippen molar-refractivity contribution in [3.8, 4) is 0 Å². The summed E-state index contributed by atoms with van der Waals surface area (Å²) in [5, 5.41) is 3.42. The predicted octanol–water partition coefficient (Wildman–Crippen LogP) is 3.04. The molecule has 118 valence electrons. The van der Waals surface area contributed by atoms with Gasteiger partial charge in [0.05, 0.1) is 5.92 Å². The van der Waals surface area contributed by atoms with Gasteiger partial charge in [-0.2, -0.15) is 0 Å². The molecule has 1 aliphatic rings. The minimum atomic E-state index is -0.389. The van der Waals surface area contributed by atoms with E-state index in [2.05, 4.69) is 10.3 Å². The van der Waals surface area contributed by atoms with E-state index in [1.807, 2.05) is 19.1 Å². The Bertz CT molecular complexity index is 746. The quantitative estimate of drug-likeness (QED) is 0.941. The summed E-state index contributed by atoms with van der Waals surface area (Å²) in [4.78, 5) is 30.4. The highest BCUT2D eigenvalue weighted by molar-refractivity contribution is 6.30. The second-order valence-corrected chi connectivity index (χ2v) is 5.98. The van der Waals surface area contributed by atoms with Gasteiger partial charge in [-0.25, -0.2) is 4.98 Å². The topological polar surface area (TPSA) is 62.3 Å². The number of aromatic nitrogens is 1. The number of hydrogen-bond donors (Lipinski definition) is 1. The van der Waals surface area contributed by atoms with E-state index in [0.717, 1.165) is 11.3 Å². The smallest absolute Gasteiger partial charge is 0.230 e. The highest BCUT2D eigenvalue weighted by Gasteiger charge is 2.35. The third-order valence-electron chi connectivity index (χ3n) is 3.89. The van der Waals surface area contributed by atoms with Crippen LogP contribution in [0.5, 0.6) is 0 Å². The van der Waals surface area contributed by atoms with Crippen molar-refractivity contribution in [3.05, 3.63) is 53.2 Å². The Kier molecular flexibility index (Phi) is 4.30.